The average Bonchev–Trinajstić information content (AvgIpc) is 2.97. The van der Waals surface area contributed by atoms with Gasteiger partial charge in [-0.2, -0.15) is 0 Å². The highest BCUT2D eigenvalue weighted by Crippen LogP contribution is 2.22. The van der Waals surface area contributed by atoms with Crippen LogP contribution in [0.4, 0.5) is 10.5 Å². The highest BCUT2D eigenvalue weighted by molar-refractivity contribution is 5.90. The first-order valence-corrected chi connectivity index (χ1v) is 7.20. The molecule has 1 saturated heterocycles. The van der Waals surface area contributed by atoms with E-state index in [0.29, 0.717) is 18.0 Å². The van der Waals surface area contributed by atoms with Gasteiger partial charge in [0.2, 0.25) is 0 Å². The molecule has 2 amide bonds. The van der Waals surface area contributed by atoms with Gasteiger partial charge in [0.05, 0.1) is 12.8 Å². The van der Waals surface area contributed by atoms with E-state index < -0.39 is 0 Å². The standard InChI is InChI=1S/C15H23N3O2/c1-20-14-8-3-2-7-13(14)17-15(19)16-9-6-12-18-10-4-5-11-18/h2-3,7-8H,4-6,9-12H2,1H3,(H2,16,17,19). The Balaban J connectivity index is 1.67. The summed E-state index contributed by atoms with van der Waals surface area (Å²) in [5.74, 6) is 0.666. The van der Waals surface area contributed by atoms with Crippen LogP contribution in [0.25, 0.3) is 0 Å². The summed E-state index contributed by atoms with van der Waals surface area (Å²) >= 11 is 0. The Bertz CT molecular complexity index is 431. The molecule has 2 N–H and O–H groups in total. The number of ether oxygens (including phenoxy) is 1. The molecule has 1 fully saturated rings. The normalized spacial score (nSPS) is 15.1. The largest absolute Gasteiger partial charge is 0.495 e. The summed E-state index contributed by atoms with van der Waals surface area (Å²) in [6.07, 6.45) is 3.60. The summed E-state index contributed by atoms with van der Waals surface area (Å²) in [5.41, 5.74) is 0.687. The molecule has 1 aliphatic rings. The number of carbonyl (C=O) groups is 1. The quantitative estimate of drug-likeness (QED) is 0.785. The van der Waals surface area contributed by atoms with Crippen LogP contribution >= 0.6 is 0 Å². The van der Waals surface area contributed by atoms with Gasteiger partial charge in [-0.25, -0.2) is 4.79 Å². The molecule has 1 aliphatic heterocycles. The van der Waals surface area contributed by atoms with Gasteiger partial charge in [0.1, 0.15) is 5.75 Å². The maximum Gasteiger partial charge on any atom is 0.319 e. The maximum atomic E-state index is 11.8. The summed E-state index contributed by atoms with van der Waals surface area (Å²) < 4.78 is 5.19. The average molecular weight is 277 g/mol. The predicted molar refractivity (Wildman–Crippen MR) is 80.3 cm³/mol. The molecule has 110 valence electrons. The van der Waals surface area contributed by atoms with Crippen LogP contribution in [0.2, 0.25) is 0 Å². The third-order valence-corrected chi connectivity index (χ3v) is 3.49. The zero-order chi connectivity index (χ0) is 14.2. The smallest absolute Gasteiger partial charge is 0.319 e. The van der Waals surface area contributed by atoms with Crippen LogP contribution in [-0.4, -0.2) is 44.2 Å². The molecule has 0 atom stereocenters. The van der Waals surface area contributed by atoms with Crippen molar-refractivity contribution in [1.29, 1.82) is 0 Å². The summed E-state index contributed by atoms with van der Waals surface area (Å²) in [7, 11) is 1.59. The number of hydrogen-bond donors (Lipinski definition) is 2. The van der Waals surface area contributed by atoms with Crippen molar-refractivity contribution in [3.63, 3.8) is 0 Å². The van der Waals surface area contributed by atoms with E-state index in [1.807, 2.05) is 24.3 Å². The van der Waals surface area contributed by atoms with Gasteiger partial charge in [0.25, 0.3) is 0 Å². The Labute approximate surface area is 120 Å². The molecule has 20 heavy (non-hydrogen) atoms. The second-order valence-corrected chi connectivity index (χ2v) is 4.98. The van der Waals surface area contributed by atoms with Crippen LogP contribution in [0.5, 0.6) is 5.75 Å². The Hall–Kier alpha value is -1.75. The zero-order valence-electron chi connectivity index (χ0n) is 12.0. The highest BCUT2D eigenvalue weighted by Gasteiger charge is 2.10. The number of methoxy groups -OCH3 is 1. The first kappa shape index (κ1) is 14.7. The van der Waals surface area contributed by atoms with Crippen molar-refractivity contribution >= 4 is 11.7 Å². The molecule has 0 radical (unpaired) electrons. The lowest BCUT2D eigenvalue weighted by atomic mass is 10.3. The number of carbonyl (C=O) groups excluding carboxylic acids is 1. The molecular formula is C15H23N3O2. The molecule has 1 heterocycles. The number of nitrogens with one attached hydrogen (secondary N) is 2. The monoisotopic (exact) mass is 277 g/mol. The Morgan fingerprint density at radius 1 is 1.30 bits per heavy atom. The zero-order valence-corrected chi connectivity index (χ0v) is 12.0. The van der Waals surface area contributed by atoms with Crippen molar-refractivity contribution < 1.29 is 9.53 Å². The van der Waals surface area contributed by atoms with Gasteiger partial charge in [0, 0.05) is 6.54 Å². The van der Waals surface area contributed by atoms with E-state index in [-0.39, 0.29) is 6.03 Å². The number of benzene rings is 1. The molecule has 1 aromatic carbocycles. The number of hydrogen-bond acceptors (Lipinski definition) is 3. The molecule has 5 heteroatoms. The molecule has 0 spiro atoms. The molecule has 2 rings (SSSR count). The van der Waals surface area contributed by atoms with Crippen LogP contribution in [0.1, 0.15) is 19.3 Å². The summed E-state index contributed by atoms with van der Waals surface area (Å²) in [6, 6.07) is 7.20. The third kappa shape index (κ3) is 4.42. The van der Waals surface area contributed by atoms with E-state index in [9.17, 15) is 4.79 Å². The number of urea groups is 1. The first-order valence-electron chi connectivity index (χ1n) is 7.20. The van der Waals surface area contributed by atoms with Gasteiger partial charge in [-0.3, -0.25) is 0 Å². The van der Waals surface area contributed by atoms with Crippen molar-refractivity contribution in [1.82, 2.24) is 10.2 Å². The second kappa shape index (κ2) is 7.75. The lowest BCUT2D eigenvalue weighted by molar-refractivity contribution is 0.250. The minimum absolute atomic E-state index is 0.184. The minimum Gasteiger partial charge on any atom is -0.495 e. The highest BCUT2D eigenvalue weighted by atomic mass is 16.5. The number of likely N-dealkylation sites (tertiary alicyclic amines) is 1. The van der Waals surface area contributed by atoms with Crippen molar-refractivity contribution in [2.24, 2.45) is 0 Å². The molecule has 5 nitrogen and oxygen atoms in total. The molecule has 0 unspecified atom stereocenters. The van der Waals surface area contributed by atoms with E-state index in [1.165, 1.54) is 25.9 Å². The molecule has 0 bridgehead atoms. The Morgan fingerprint density at radius 3 is 2.80 bits per heavy atom. The number of anilines is 1. The fourth-order valence-corrected chi connectivity index (χ4v) is 2.43. The number of para-hydroxylation sites is 2. The van der Waals surface area contributed by atoms with E-state index in [4.69, 9.17) is 4.74 Å². The fraction of sp³-hybridized carbons (Fsp3) is 0.533. The second-order valence-electron chi connectivity index (χ2n) is 4.98. The number of rotatable bonds is 6. The van der Waals surface area contributed by atoms with Crippen LogP contribution in [-0.2, 0) is 0 Å². The third-order valence-electron chi connectivity index (χ3n) is 3.49. The molecule has 1 aromatic rings. The lowest BCUT2D eigenvalue weighted by Gasteiger charge is -2.15. The Kier molecular flexibility index (Phi) is 5.68. The van der Waals surface area contributed by atoms with Crippen molar-refractivity contribution in [2.75, 3.05) is 38.6 Å². The van der Waals surface area contributed by atoms with Crippen molar-refractivity contribution in [3.8, 4) is 5.75 Å². The van der Waals surface area contributed by atoms with E-state index in [2.05, 4.69) is 15.5 Å². The van der Waals surface area contributed by atoms with Crippen LogP contribution in [0, 0.1) is 0 Å². The van der Waals surface area contributed by atoms with Crippen LogP contribution in [0.15, 0.2) is 24.3 Å². The molecular weight excluding hydrogens is 254 g/mol. The lowest BCUT2D eigenvalue weighted by Crippen LogP contribution is -2.32. The van der Waals surface area contributed by atoms with Gasteiger partial charge in [0.15, 0.2) is 0 Å². The fourth-order valence-electron chi connectivity index (χ4n) is 2.43. The minimum atomic E-state index is -0.184. The Morgan fingerprint density at radius 2 is 2.05 bits per heavy atom. The summed E-state index contributed by atoms with van der Waals surface area (Å²) in [5, 5.41) is 5.68. The number of amides is 2. The molecule has 0 saturated carbocycles. The van der Waals surface area contributed by atoms with Gasteiger partial charge >= 0.3 is 6.03 Å². The van der Waals surface area contributed by atoms with E-state index >= 15 is 0 Å². The van der Waals surface area contributed by atoms with Gasteiger partial charge in [-0.1, -0.05) is 12.1 Å². The first-order chi connectivity index (χ1) is 9.79. The van der Waals surface area contributed by atoms with E-state index in [1.54, 1.807) is 7.11 Å². The summed E-state index contributed by atoms with van der Waals surface area (Å²) in [6.45, 7) is 4.16. The van der Waals surface area contributed by atoms with Crippen LogP contribution in [0.3, 0.4) is 0 Å². The summed E-state index contributed by atoms with van der Waals surface area (Å²) in [4.78, 5) is 14.2. The van der Waals surface area contributed by atoms with Crippen molar-refractivity contribution in [2.45, 2.75) is 19.3 Å². The van der Waals surface area contributed by atoms with Gasteiger partial charge in [-0.05, 0) is 51.0 Å². The predicted octanol–water partition coefficient (Wildman–Crippen LogP) is 2.30. The van der Waals surface area contributed by atoms with Gasteiger partial charge < -0.3 is 20.3 Å². The molecule has 0 aromatic heterocycles. The van der Waals surface area contributed by atoms with Crippen molar-refractivity contribution in [3.05, 3.63) is 24.3 Å². The SMILES string of the molecule is COc1ccccc1NC(=O)NCCCN1CCCC1. The van der Waals surface area contributed by atoms with Gasteiger partial charge in [-0.15, -0.1) is 0 Å². The topological polar surface area (TPSA) is 53.6 Å². The molecule has 0 aliphatic carbocycles. The number of nitrogens with zero attached hydrogens (tertiary/aromatic N) is 1. The van der Waals surface area contributed by atoms with E-state index in [0.717, 1.165) is 13.0 Å². The van der Waals surface area contributed by atoms with Crippen LogP contribution < -0.4 is 15.4 Å². The maximum absolute atomic E-state index is 11.8.